The van der Waals surface area contributed by atoms with Crippen molar-refractivity contribution in [2.75, 3.05) is 27.2 Å². The minimum Gasteiger partial charge on any atom is -0.497 e. The van der Waals surface area contributed by atoms with Crippen molar-refractivity contribution >= 4 is 10.8 Å². The number of ether oxygens (including phenoxy) is 1. The Morgan fingerprint density at radius 2 is 1.70 bits per heavy atom. The van der Waals surface area contributed by atoms with Crippen molar-refractivity contribution in [1.29, 1.82) is 0 Å². The normalized spacial score (nSPS) is 19.1. The average molecular weight is 271 g/mol. The van der Waals surface area contributed by atoms with Gasteiger partial charge in [0.1, 0.15) is 5.75 Å². The molecular formula is C17H21NO2. The van der Waals surface area contributed by atoms with Crippen molar-refractivity contribution in [3.8, 4) is 5.75 Å². The number of aliphatic hydroxyl groups is 1. The predicted octanol–water partition coefficient (Wildman–Crippen LogP) is 2.76. The van der Waals surface area contributed by atoms with E-state index in [0.29, 0.717) is 0 Å². The first kappa shape index (κ1) is 13.4. The Balaban J connectivity index is 1.96. The summed E-state index contributed by atoms with van der Waals surface area (Å²) in [4.78, 5) is 2.26. The first-order chi connectivity index (χ1) is 9.60. The molecule has 2 aromatic carbocycles. The number of piperidine rings is 1. The summed E-state index contributed by atoms with van der Waals surface area (Å²) < 4.78 is 5.25. The number of hydrogen-bond donors (Lipinski definition) is 1. The van der Waals surface area contributed by atoms with Gasteiger partial charge in [0.15, 0.2) is 0 Å². The van der Waals surface area contributed by atoms with Gasteiger partial charge in [-0.25, -0.2) is 0 Å². The van der Waals surface area contributed by atoms with Crippen LogP contribution in [0, 0.1) is 0 Å². The molecule has 0 atom stereocenters. The van der Waals surface area contributed by atoms with E-state index in [1.807, 2.05) is 18.2 Å². The summed E-state index contributed by atoms with van der Waals surface area (Å²) in [5.74, 6) is 0.864. The van der Waals surface area contributed by atoms with Gasteiger partial charge in [0, 0.05) is 13.1 Å². The standard InChI is InChI=1S/C17H21NO2/c1-18-9-7-17(19,8-10-18)15-5-3-14-12-16(20-2)6-4-13(14)11-15/h3-6,11-12,19H,7-10H2,1-2H3. The molecule has 20 heavy (non-hydrogen) atoms. The van der Waals surface area contributed by atoms with Crippen LogP contribution in [0.3, 0.4) is 0 Å². The zero-order valence-electron chi connectivity index (χ0n) is 12.1. The molecule has 1 aliphatic heterocycles. The van der Waals surface area contributed by atoms with Gasteiger partial charge in [0.05, 0.1) is 12.7 Å². The van der Waals surface area contributed by atoms with Crippen molar-refractivity contribution < 1.29 is 9.84 Å². The Morgan fingerprint density at radius 1 is 1.05 bits per heavy atom. The molecule has 1 aliphatic rings. The smallest absolute Gasteiger partial charge is 0.119 e. The second-order valence-corrected chi connectivity index (χ2v) is 5.76. The highest BCUT2D eigenvalue weighted by Crippen LogP contribution is 2.34. The lowest BCUT2D eigenvalue weighted by atomic mass is 9.84. The molecule has 0 aromatic heterocycles. The molecule has 0 bridgehead atoms. The molecule has 2 aromatic rings. The third-order valence-corrected chi connectivity index (χ3v) is 4.40. The van der Waals surface area contributed by atoms with E-state index in [9.17, 15) is 5.11 Å². The number of benzene rings is 2. The Labute approximate surface area is 119 Å². The summed E-state index contributed by atoms with van der Waals surface area (Å²) in [7, 11) is 3.78. The Morgan fingerprint density at radius 3 is 2.40 bits per heavy atom. The highest BCUT2D eigenvalue weighted by molar-refractivity contribution is 5.84. The van der Waals surface area contributed by atoms with Crippen LogP contribution in [0.4, 0.5) is 0 Å². The van der Waals surface area contributed by atoms with Gasteiger partial charge in [-0.2, -0.15) is 0 Å². The minimum atomic E-state index is -0.680. The number of rotatable bonds is 2. The van der Waals surface area contributed by atoms with Crippen LogP contribution >= 0.6 is 0 Å². The topological polar surface area (TPSA) is 32.7 Å². The van der Waals surface area contributed by atoms with Crippen LogP contribution in [-0.4, -0.2) is 37.3 Å². The summed E-state index contributed by atoms with van der Waals surface area (Å²) in [5.41, 5.74) is 0.351. The predicted molar refractivity (Wildman–Crippen MR) is 81.1 cm³/mol. The van der Waals surface area contributed by atoms with E-state index >= 15 is 0 Å². The molecule has 0 aliphatic carbocycles. The number of fused-ring (bicyclic) bond motifs is 1. The van der Waals surface area contributed by atoms with E-state index in [4.69, 9.17) is 4.74 Å². The molecule has 106 valence electrons. The molecule has 1 fully saturated rings. The van der Waals surface area contributed by atoms with Crippen molar-refractivity contribution in [1.82, 2.24) is 4.90 Å². The zero-order chi connectivity index (χ0) is 14.2. The molecule has 1 N–H and O–H groups in total. The SMILES string of the molecule is COc1ccc2cc(C3(O)CCN(C)CC3)ccc2c1. The molecule has 1 saturated heterocycles. The second-order valence-electron chi connectivity index (χ2n) is 5.76. The van der Waals surface area contributed by atoms with Gasteiger partial charge >= 0.3 is 0 Å². The number of likely N-dealkylation sites (tertiary alicyclic amines) is 1. The summed E-state index contributed by atoms with van der Waals surface area (Å²) in [6, 6.07) is 12.3. The third-order valence-electron chi connectivity index (χ3n) is 4.40. The highest BCUT2D eigenvalue weighted by atomic mass is 16.5. The fourth-order valence-electron chi connectivity index (χ4n) is 2.92. The van der Waals surface area contributed by atoms with Crippen LogP contribution in [0.25, 0.3) is 10.8 Å². The lowest BCUT2D eigenvalue weighted by molar-refractivity contribution is -0.0202. The Kier molecular flexibility index (Phi) is 3.40. The second kappa shape index (κ2) is 5.08. The summed E-state index contributed by atoms with van der Waals surface area (Å²) in [6.07, 6.45) is 1.59. The van der Waals surface area contributed by atoms with E-state index in [1.165, 1.54) is 0 Å². The molecule has 0 unspecified atom stereocenters. The van der Waals surface area contributed by atoms with Crippen molar-refractivity contribution in [3.05, 3.63) is 42.0 Å². The molecule has 0 saturated carbocycles. The minimum absolute atomic E-state index is 0.680. The summed E-state index contributed by atoms with van der Waals surface area (Å²) >= 11 is 0. The fraction of sp³-hybridized carbons (Fsp3) is 0.412. The molecule has 3 rings (SSSR count). The maximum Gasteiger partial charge on any atom is 0.119 e. The van der Waals surface area contributed by atoms with Gasteiger partial charge in [0.2, 0.25) is 0 Å². The van der Waals surface area contributed by atoms with Crippen LogP contribution in [-0.2, 0) is 5.60 Å². The fourth-order valence-corrected chi connectivity index (χ4v) is 2.92. The molecule has 1 heterocycles. The quantitative estimate of drug-likeness (QED) is 0.911. The highest BCUT2D eigenvalue weighted by Gasteiger charge is 2.32. The number of hydrogen-bond acceptors (Lipinski definition) is 3. The third kappa shape index (κ3) is 2.39. The Hall–Kier alpha value is -1.58. The molecule has 0 spiro atoms. The van der Waals surface area contributed by atoms with E-state index in [0.717, 1.165) is 48.0 Å². The molecule has 0 amide bonds. The van der Waals surface area contributed by atoms with Crippen molar-refractivity contribution in [3.63, 3.8) is 0 Å². The van der Waals surface area contributed by atoms with E-state index in [-0.39, 0.29) is 0 Å². The van der Waals surface area contributed by atoms with Gasteiger partial charge in [-0.1, -0.05) is 18.2 Å². The summed E-state index contributed by atoms with van der Waals surface area (Å²) in [6.45, 7) is 1.88. The van der Waals surface area contributed by atoms with Crippen LogP contribution in [0.5, 0.6) is 5.75 Å². The maximum absolute atomic E-state index is 10.9. The first-order valence-electron chi connectivity index (χ1n) is 7.10. The van der Waals surface area contributed by atoms with Gasteiger partial charge in [0.25, 0.3) is 0 Å². The zero-order valence-corrected chi connectivity index (χ0v) is 12.1. The molecule has 3 nitrogen and oxygen atoms in total. The van der Waals surface area contributed by atoms with Crippen LogP contribution < -0.4 is 4.74 Å². The van der Waals surface area contributed by atoms with Gasteiger partial charge in [-0.15, -0.1) is 0 Å². The lowest BCUT2D eigenvalue weighted by Gasteiger charge is -2.37. The van der Waals surface area contributed by atoms with Crippen molar-refractivity contribution in [2.45, 2.75) is 18.4 Å². The maximum atomic E-state index is 10.9. The lowest BCUT2D eigenvalue weighted by Crippen LogP contribution is -2.40. The van der Waals surface area contributed by atoms with Crippen LogP contribution in [0.1, 0.15) is 18.4 Å². The molecular weight excluding hydrogens is 250 g/mol. The van der Waals surface area contributed by atoms with Gasteiger partial charge < -0.3 is 14.7 Å². The average Bonchev–Trinajstić information content (AvgIpc) is 2.49. The van der Waals surface area contributed by atoms with Crippen molar-refractivity contribution in [2.24, 2.45) is 0 Å². The first-order valence-corrected chi connectivity index (χ1v) is 7.10. The number of methoxy groups -OCH3 is 1. The van der Waals surface area contributed by atoms with Gasteiger partial charge in [-0.05, 0) is 54.4 Å². The molecule has 3 heteroatoms. The van der Waals surface area contributed by atoms with Gasteiger partial charge in [-0.3, -0.25) is 0 Å². The number of nitrogens with zero attached hydrogens (tertiary/aromatic N) is 1. The molecule has 0 radical (unpaired) electrons. The monoisotopic (exact) mass is 271 g/mol. The summed E-state index contributed by atoms with van der Waals surface area (Å²) in [5, 5.41) is 13.2. The van der Waals surface area contributed by atoms with E-state index in [1.54, 1.807) is 7.11 Å². The van der Waals surface area contributed by atoms with Crippen LogP contribution in [0.2, 0.25) is 0 Å². The Bertz CT molecular complexity index is 615. The van der Waals surface area contributed by atoms with E-state index < -0.39 is 5.60 Å². The van der Waals surface area contributed by atoms with E-state index in [2.05, 4.69) is 30.1 Å². The largest absolute Gasteiger partial charge is 0.497 e. The van der Waals surface area contributed by atoms with Crippen LogP contribution in [0.15, 0.2) is 36.4 Å².